The van der Waals surface area contributed by atoms with Crippen molar-refractivity contribution in [3.63, 3.8) is 0 Å². The van der Waals surface area contributed by atoms with Crippen LogP contribution in [0.25, 0.3) is 0 Å². The normalized spacial score (nSPS) is 14.0. The molecule has 2 N–H and O–H groups in total. The standard InChI is InChI=1S/C14H25N3O3/c1-4-6-11-15-13(20-17-11)8-7-12(19)16-14(3,5-2)9-10-18/h18H,4-10H2,1-3H3,(H,16,19). The Balaban J connectivity index is 2.42. The van der Waals surface area contributed by atoms with Gasteiger partial charge in [0.2, 0.25) is 11.8 Å². The van der Waals surface area contributed by atoms with Gasteiger partial charge in [0.25, 0.3) is 0 Å². The van der Waals surface area contributed by atoms with E-state index >= 15 is 0 Å². The quantitative estimate of drug-likeness (QED) is 0.719. The lowest BCUT2D eigenvalue weighted by molar-refractivity contribution is -0.123. The van der Waals surface area contributed by atoms with Gasteiger partial charge in [0.05, 0.1) is 0 Å². The van der Waals surface area contributed by atoms with Crippen molar-refractivity contribution in [2.24, 2.45) is 0 Å². The zero-order chi connectivity index (χ0) is 15.0. The van der Waals surface area contributed by atoms with Gasteiger partial charge < -0.3 is 14.9 Å². The third kappa shape index (κ3) is 5.28. The fourth-order valence-electron chi connectivity index (χ4n) is 1.91. The molecule has 0 aliphatic carbocycles. The zero-order valence-corrected chi connectivity index (χ0v) is 12.6. The van der Waals surface area contributed by atoms with E-state index < -0.39 is 0 Å². The van der Waals surface area contributed by atoms with Gasteiger partial charge in [-0.05, 0) is 26.2 Å². The largest absolute Gasteiger partial charge is 0.396 e. The fraction of sp³-hybridized carbons (Fsp3) is 0.786. The Kier molecular flexibility index (Phi) is 6.64. The summed E-state index contributed by atoms with van der Waals surface area (Å²) in [4.78, 5) is 16.1. The molecule has 0 saturated carbocycles. The molecule has 0 aliphatic heterocycles. The molecule has 1 atom stereocenters. The third-order valence-corrected chi connectivity index (χ3v) is 3.43. The van der Waals surface area contributed by atoms with Crippen LogP contribution in [0.2, 0.25) is 0 Å². The Hall–Kier alpha value is -1.43. The maximum absolute atomic E-state index is 11.9. The summed E-state index contributed by atoms with van der Waals surface area (Å²) in [6.45, 7) is 6.04. The number of aliphatic hydroxyl groups excluding tert-OH is 1. The summed E-state index contributed by atoms with van der Waals surface area (Å²) in [5.74, 6) is 1.14. The van der Waals surface area contributed by atoms with Gasteiger partial charge in [0.1, 0.15) is 0 Å². The van der Waals surface area contributed by atoms with Crippen LogP contribution in [-0.4, -0.2) is 33.3 Å². The minimum absolute atomic E-state index is 0.0574. The highest BCUT2D eigenvalue weighted by atomic mass is 16.5. The molecule has 114 valence electrons. The predicted octanol–water partition coefficient (Wildman–Crippen LogP) is 1.62. The number of carbonyl (C=O) groups is 1. The number of nitrogens with zero attached hydrogens (tertiary/aromatic N) is 2. The topological polar surface area (TPSA) is 88.2 Å². The van der Waals surface area contributed by atoms with E-state index in [1.807, 2.05) is 13.8 Å². The molecule has 1 rings (SSSR count). The van der Waals surface area contributed by atoms with Crippen LogP contribution in [0.5, 0.6) is 0 Å². The number of aromatic nitrogens is 2. The van der Waals surface area contributed by atoms with E-state index in [1.54, 1.807) is 0 Å². The van der Waals surface area contributed by atoms with Crippen LogP contribution in [0.3, 0.4) is 0 Å². The highest BCUT2D eigenvalue weighted by Gasteiger charge is 2.23. The van der Waals surface area contributed by atoms with Gasteiger partial charge in [-0.3, -0.25) is 4.79 Å². The molecule has 6 nitrogen and oxygen atoms in total. The van der Waals surface area contributed by atoms with E-state index in [0.717, 1.165) is 19.3 Å². The highest BCUT2D eigenvalue weighted by Crippen LogP contribution is 2.14. The Morgan fingerprint density at radius 1 is 1.40 bits per heavy atom. The lowest BCUT2D eigenvalue weighted by atomic mass is 9.94. The van der Waals surface area contributed by atoms with E-state index in [1.165, 1.54) is 0 Å². The first-order chi connectivity index (χ1) is 9.53. The van der Waals surface area contributed by atoms with Crippen LogP contribution in [0.1, 0.15) is 58.2 Å². The molecule has 0 saturated heterocycles. The molecule has 1 aromatic heterocycles. The maximum atomic E-state index is 11.9. The molecule has 0 radical (unpaired) electrons. The Morgan fingerprint density at radius 2 is 2.15 bits per heavy atom. The molecule has 0 bridgehead atoms. The minimum Gasteiger partial charge on any atom is -0.396 e. The molecule has 0 aliphatic rings. The Morgan fingerprint density at radius 3 is 2.75 bits per heavy atom. The lowest BCUT2D eigenvalue weighted by Gasteiger charge is -2.28. The van der Waals surface area contributed by atoms with Gasteiger partial charge in [0.15, 0.2) is 5.82 Å². The number of aryl methyl sites for hydroxylation is 2. The number of amides is 1. The Labute approximate surface area is 120 Å². The van der Waals surface area contributed by atoms with Crippen molar-refractivity contribution in [1.82, 2.24) is 15.5 Å². The summed E-state index contributed by atoms with van der Waals surface area (Å²) in [5.41, 5.74) is -0.353. The van der Waals surface area contributed by atoms with Gasteiger partial charge >= 0.3 is 0 Å². The first-order valence-electron chi connectivity index (χ1n) is 7.26. The summed E-state index contributed by atoms with van der Waals surface area (Å²) in [7, 11) is 0. The maximum Gasteiger partial charge on any atom is 0.227 e. The second-order valence-corrected chi connectivity index (χ2v) is 5.29. The second kappa shape index (κ2) is 7.99. The molecular weight excluding hydrogens is 258 g/mol. The van der Waals surface area contributed by atoms with Crippen molar-refractivity contribution in [3.05, 3.63) is 11.7 Å². The number of hydrogen-bond acceptors (Lipinski definition) is 5. The molecule has 1 amide bonds. The summed E-state index contributed by atoms with van der Waals surface area (Å²) < 4.78 is 5.09. The SMILES string of the molecule is CCCc1noc(CCC(=O)NC(C)(CC)CCO)n1. The zero-order valence-electron chi connectivity index (χ0n) is 12.6. The third-order valence-electron chi connectivity index (χ3n) is 3.43. The average Bonchev–Trinajstić information content (AvgIpc) is 2.85. The van der Waals surface area contributed by atoms with E-state index in [2.05, 4.69) is 22.4 Å². The van der Waals surface area contributed by atoms with Crippen molar-refractivity contribution >= 4 is 5.91 Å². The molecule has 1 unspecified atom stereocenters. The van der Waals surface area contributed by atoms with Crippen LogP contribution < -0.4 is 5.32 Å². The van der Waals surface area contributed by atoms with E-state index in [4.69, 9.17) is 9.63 Å². The van der Waals surface area contributed by atoms with E-state index in [-0.39, 0.29) is 18.1 Å². The van der Waals surface area contributed by atoms with Gasteiger partial charge in [0, 0.05) is 31.4 Å². The fourth-order valence-corrected chi connectivity index (χ4v) is 1.91. The van der Waals surface area contributed by atoms with Gasteiger partial charge in [-0.1, -0.05) is 19.0 Å². The Bertz CT molecular complexity index is 420. The number of rotatable bonds is 9. The predicted molar refractivity (Wildman–Crippen MR) is 75.2 cm³/mol. The van der Waals surface area contributed by atoms with Crippen LogP contribution >= 0.6 is 0 Å². The molecule has 20 heavy (non-hydrogen) atoms. The summed E-state index contributed by atoms with van der Waals surface area (Å²) in [6, 6.07) is 0. The van der Waals surface area contributed by atoms with Crippen LogP contribution in [0.15, 0.2) is 4.52 Å². The van der Waals surface area contributed by atoms with E-state index in [0.29, 0.717) is 31.0 Å². The number of hydrogen-bond donors (Lipinski definition) is 2. The molecule has 1 aromatic rings. The highest BCUT2D eigenvalue weighted by molar-refractivity contribution is 5.76. The van der Waals surface area contributed by atoms with Crippen molar-refractivity contribution in [2.75, 3.05) is 6.61 Å². The number of carbonyl (C=O) groups excluding carboxylic acids is 1. The van der Waals surface area contributed by atoms with Crippen molar-refractivity contribution in [2.45, 2.75) is 64.8 Å². The molecule has 0 aromatic carbocycles. The second-order valence-electron chi connectivity index (χ2n) is 5.29. The number of nitrogens with one attached hydrogen (secondary N) is 1. The average molecular weight is 283 g/mol. The molecule has 6 heteroatoms. The first kappa shape index (κ1) is 16.6. The monoisotopic (exact) mass is 283 g/mol. The van der Waals surface area contributed by atoms with Gasteiger partial charge in [-0.2, -0.15) is 4.98 Å². The first-order valence-corrected chi connectivity index (χ1v) is 7.26. The van der Waals surface area contributed by atoms with Crippen LogP contribution in [-0.2, 0) is 17.6 Å². The summed E-state index contributed by atoms with van der Waals surface area (Å²) in [5, 5.41) is 15.8. The van der Waals surface area contributed by atoms with E-state index in [9.17, 15) is 4.79 Å². The lowest BCUT2D eigenvalue weighted by Crippen LogP contribution is -2.46. The summed E-state index contributed by atoms with van der Waals surface area (Å²) in [6.07, 6.45) is 3.85. The molecule has 0 fully saturated rings. The molecular formula is C14H25N3O3. The van der Waals surface area contributed by atoms with Crippen molar-refractivity contribution in [3.8, 4) is 0 Å². The smallest absolute Gasteiger partial charge is 0.227 e. The molecule has 0 spiro atoms. The summed E-state index contributed by atoms with van der Waals surface area (Å²) >= 11 is 0. The van der Waals surface area contributed by atoms with Gasteiger partial charge in [-0.15, -0.1) is 0 Å². The number of aliphatic hydroxyl groups is 1. The van der Waals surface area contributed by atoms with Crippen molar-refractivity contribution < 1.29 is 14.4 Å². The van der Waals surface area contributed by atoms with Crippen LogP contribution in [0.4, 0.5) is 0 Å². The minimum atomic E-state index is -0.353. The molecule has 1 heterocycles. The van der Waals surface area contributed by atoms with Gasteiger partial charge in [-0.25, -0.2) is 0 Å². The van der Waals surface area contributed by atoms with Crippen molar-refractivity contribution in [1.29, 1.82) is 0 Å². The van der Waals surface area contributed by atoms with Crippen LogP contribution in [0, 0.1) is 0 Å².